The molecule has 0 radical (unpaired) electrons. The van der Waals surface area contributed by atoms with Gasteiger partial charge in [0, 0.05) is 0 Å². The fraction of sp³-hybridized carbons (Fsp3) is 1.00. The molecule has 1 unspecified atom stereocenters. The molecule has 0 nitrogen and oxygen atoms in total. The van der Waals surface area contributed by atoms with Gasteiger partial charge in [-0.05, 0) is 28.6 Å². The van der Waals surface area contributed by atoms with Crippen LogP contribution in [0.4, 0.5) is 0 Å². The van der Waals surface area contributed by atoms with Crippen molar-refractivity contribution in [3.8, 4) is 0 Å². The van der Waals surface area contributed by atoms with E-state index in [4.69, 9.17) is 0 Å². The third kappa shape index (κ3) is 2.32. The SMILES string of the molecule is CC(C)C(C)C(C)(C)C(C)(C)C(C)C. The van der Waals surface area contributed by atoms with Gasteiger partial charge in [0.05, 0.1) is 0 Å². The van der Waals surface area contributed by atoms with E-state index in [9.17, 15) is 0 Å². The summed E-state index contributed by atoms with van der Waals surface area (Å²) in [4.78, 5) is 0. The Labute approximate surface area is 91.5 Å². The molecule has 0 aromatic rings. The van der Waals surface area contributed by atoms with Crippen LogP contribution >= 0.6 is 0 Å². The van der Waals surface area contributed by atoms with E-state index in [-0.39, 0.29) is 0 Å². The Morgan fingerprint density at radius 2 is 1.00 bits per heavy atom. The lowest BCUT2D eigenvalue weighted by Gasteiger charge is -2.50. The average molecular weight is 198 g/mol. The predicted molar refractivity (Wildman–Crippen MR) is 66.4 cm³/mol. The lowest BCUT2D eigenvalue weighted by molar-refractivity contribution is -0.0111. The van der Waals surface area contributed by atoms with E-state index in [1.54, 1.807) is 0 Å². The van der Waals surface area contributed by atoms with Crippen molar-refractivity contribution in [3.63, 3.8) is 0 Å². The molecule has 1 atom stereocenters. The maximum atomic E-state index is 2.43. The maximum Gasteiger partial charge on any atom is -0.0272 e. The number of hydrogen-bond acceptors (Lipinski definition) is 0. The molecule has 0 heterocycles. The van der Waals surface area contributed by atoms with E-state index in [0.29, 0.717) is 10.8 Å². The van der Waals surface area contributed by atoms with Crippen molar-refractivity contribution in [1.82, 2.24) is 0 Å². The molecule has 0 aromatic heterocycles. The highest BCUT2D eigenvalue weighted by Crippen LogP contribution is 2.50. The van der Waals surface area contributed by atoms with Gasteiger partial charge in [-0.1, -0.05) is 62.3 Å². The van der Waals surface area contributed by atoms with Gasteiger partial charge in [0.15, 0.2) is 0 Å². The maximum absolute atomic E-state index is 2.43. The molecule has 0 spiro atoms. The van der Waals surface area contributed by atoms with E-state index in [0.717, 1.165) is 17.8 Å². The van der Waals surface area contributed by atoms with Crippen molar-refractivity contribution in [1.29, 1.82) is 0 Å². The molecule has 0 saturated heterocycles. The van der Waals surface area contributed by atoms with Gasteiger partial charge in [-0.3, -0.25) is 0 Å². The van der Waals surface area contributed by atoms with Gasteiger partial charge < -0.3 is 0 Å². The van der Waals surface area contributed by atoms with Crippen molar-refractivity contribution in [3.05, 3.63) is 0 Å². The molecule has 0 N–H and O–H groups in total. The second-order valence-electron chi connectivity index (χ2n) is 6.63. The molecule has 0 aliphatic heterocycles. The third-order valence-electron chi connectivity index (χ3n) is 5.24. The Morgan fingerprint density at radius 3 is 1.21 bits per heavy atom. The summed E-state index contributed by atoms with van der Waals surface area (Å²) >= 11 is 0. The summed E-state index contributed by atoms with van der Waals surface area (Å²) in [7, 11) is 0. The van der Waals surface area contributed by atoms with Crippen molar-refractivity contribution in [2.24, 2.45) is 28.6 Å². The van der Waals surface area contributed by atoms with Crippen LogP contribution in [0.15, 0.2) is 0 Å². The quantitative estimate of drug-likeness (QED) is 0.597. The van der Waals surface area contributed by atoms with Gasteiger partial charge in [-0.15, -0.1) is 0 Å². The molecule has 0 rings (SSSR count). The summed E-state index contributed by atoms with van der Waals surface area (Å²) in [6.07, 6.45) is 0. The van der Waals surface area contributed by atoms with Crippen molar-refractivity contribution in [2.75, 3.05) is 0 Å². The second-order valence-corrected chi connectivity index (χ2v) is 6.63. The topological polar surface area (TPSA) is 0 Å². The van der Waals surface area contributed by atoms with Crippen LogP contribution in [0.1, 0.15) is 62.3 Å². The average Bonchev–Trinajstić information content (AvgIpc) is 2.01. The fourth-order valence-electron chi connectivity index (χ4n) is 2.16. The monoisotopic (exact) mass is 198 g/mol. The van der Waals surface area contributed by atoms with E-state index >= 15 is 0 Å². The largest absolute Gasteiger partial charge is 0.0625 e. The summed E-state index contributed by atoms with van der Waals surface area (Å²) in [6, 6.07) is 0. The normalized spacial score (nSPS) is 16.5. The van der Waals surface area contributed by atoms with Gasteiger partial charge in [0.25, 0.3) is 0 Å². The molecular weight excluding hydrogens is 168 g/mol. The van der Waals surface area contributed by atoms with Crippen LogP contribution < -0.4 is 0 Å². The van der Waals surface area contributed by atoms with Gasteiger partial charge in [-0.25, -0.2) is 0 Å². The highest BCUT2D eigenvalue weighted by atomic mass is 14.5. The van der Waals surface area contributed by atoms with E-state index in [2.05, 4.69) is 62.3 Å². The fourth-order valence-corrected chi connectivity index (χ4v) is 2.16. The van der Waals surface area contributed by atoms with Crippen molar-refractivity contribution >= 4 is 0 Å². The molecule has 0 aromatic carbocycles. The number of rotatable bonds is 4. The highest BCUT2D eigenvalue weighted by molar-refractivity contribution is 4.92. The Balaban J connectivity index is 4.93. The molecule has 0 amide bonds. The van der Waals surface area contributed by atoms with Crippen LogP contribution in [0.2, 0.25) is 0 Å². The Hall–Kier alpha value is 0. The Bertz CT molecular complexity index is 172. The minimum atomic E-state index is 0.398. The molecule has 0 heteroatoms. The zero-order chi connectivity index (χ0) is 11.7. The highest BCUT2D eigenvalue weighted by Gasteiger charge is 2.43. The summed E-state index contributed by atoms with van der Waals surface area (Å²) < 4.78 is 0. The molecule has 0 aliphatic rings. The first-order valence-electron chi connectivity index (χ1n) is 6.05. The predicted octanol–water partition coefficient (Wildman–Crippen LogP) is 4.99. The lowest BCUT2D eigenvalue weighted by Crippen LogP contribution is -2.43. The molecule has 86 valence electrons. The Kier molecular flexibility index (Phi) is 4.24. The molecule has 0 saturated carbocycles. The van der Waals surface area contributed by atoms with E-state index in [1.807, 2.05) is 0 Å². The van der Waals surface area contributed by atoms with Gasteiger partial charge in [0.2, 0.25) is 0 Å². The zero-order valence-corrected chi connectivity index (χ0v) is 11.7. The van der Waals surface area contributed by atoms with Crippen LogP contribution in [0.5, 0.6) is 0 Å². The summed E-state index contributed by atoms with van der Waals surface area (Å²) in [5, 5.41) is 0. The van der Waals surface area contributed by atoms with Crippen LogP contribution in [0.25, 0.3) is 0 Å². The lowest BCUT2D eigenvalue weighted by atomic mass is 9.55. The van der Waals surface area contributed by atoms with Crippen LogP contribution in [0.3, 0.4) is 0 Å². The molecular formula is C14H30. The van der Waals surface area contributed by atoms with Crippen LogP contribution in [-0.4, -0.2) is 0 Å². The summed E-state index contributed by atoms with van der Waals surface area (Å²) in [5.74, 6) is 2.27. The molecule has 0 fully saturated rings. The minimum absolute atomic E-state index is 0.398. The minimum Gasteiger partial charge on any atom is -0.0625 e. The van der Waals surface area contributed by atoms with Crippen molar-refractivity contribution in [2.45, 2.75) is 62.3 Å². The smallest absolute Gasteiger partial charge is 0.0272 e. The van der Waals surface area contributed by atoms with E-state index in [1.165, 1.54) is 0 Å². The van der Waals surface area contributed by atoms with E-state index < -0.39 is 0 Å². The first-order chi connectivity index (χ1) is 6.05. The van der Waals surface area contributed by atoms with Crippen LogP contribution in [-0.2, 0) is 0 Å². The van der Waals surface area contributed by atoms with Crippen molar-refractivity contribution < 1.29 is 0 Å². The summed E-state index contributed by atoms with van der Waals surface area (Å²) in [6.45, 7) is 21.4. The van der Waals surface area contributed by atoms with Gasteiger partial charge in [0.1, 0.15) is 0 Å². The second kappa shape index (κ2) is 4.24. The Morgan fingerprint density at radius 1 is 0.643 bits per heavy atom. The third-order valence-corrected chi connectivity index (χ3v) is 5.24. The molecule has 14 heavy (non-hydrogen) atoms. The first kappa shape index (κ1) is 14.0. The van der Waals surface area contributed by atoms with Crippen LogP contribution in [0, 0.1) is 28.6 Å². The first-order valence-corrected chi connectivity index (χ1v) is 6.05. The molecule has 0 bridgehead atoms. The zero-order valence-electron chi connectivity index (χ0n) is 11.7. The van der Waals surface area contributed by atoms with Gasteiger partial charge in [-0.2, -0.15) is 0 Å². The molecule has 0 aliphatic carbocycles. The number of hydrogen-bond donors (Lipinski definition) is 0. The summed E-state index contributed by atoms with van der Waals surface area (Å²) in [5.41, 5.74) is 0.798. The standard InChI is InChI=1S/C14H30/c1-10(2)12(5)14(8,9)13(6,7)11(3)4/h10-12H,1-9H3. The van der Waals surface area contributed by atoms with Gasteiger partial charge >= 0.3 is 0 Å².